The van der Waals surface area contributed by atoms with Gasteiger partial charge < -0.3 is 94.4 Å². The second-order valence-corrected chi connectivity index (χ2v) is 13.3. The minimum Gasteiger partial charge on any atom is -0.504 e. The quantitative estimate of drug-likeness (QED) is 0.0541. The highest BCUT2D eigenvalue weighted by atomic mass is 16.8. The molecule has 3 aliphatic heterocycles. The van der Waals surface area contributed by atoms with Gasteiger partial charge in [-0.2, -0.15) is 0 Å². The number of carbonyl (C=O) groups excluding carboxylic acids is 1. The minimum absolute atomic E-state index is 0.100. The van der Waals surface area contributed by atoms with E-state index in [1.165, 1.54) is 43.3 Å². The van der Waals surface area contributed by atoms with Gasteiger partial charge >= 0.3 is 5.97 Å². The van der Waals surface area contributed by atoms with E-state index < -0.39 is 129 Å². The van der Waals surface area contributed by atoms with Crippen molar-refractivity contribution in [1.29, 1.82) is 0 Å². The molecule has 0 aliphatic carbocycles. The molecular formula is C35H46O20. The van der Waals surface area contributed by atoms with Gasteiger partial charge in [-0.25, -0.2) is 4.79 Å². The molecule has 55 heavy (non-hydrogen) atoms. The Kier molecular flexibility index (Phi) is 14.3. The molecule has 2 aromatic carbocycles. The van der Waals surface area contributed by atoms with E-state index >= 15 is 0 Å². The van der Waals surface area contributed by atoms with Crippen molar-refractivity contribution in [3.8, 4) is 23.0 Å². The Morgan fingerprint density at radius 1 is 0.673 bits per heavy atom. The van der Waals surface area contributed by atoms with Gasteiger partial charge in [0.1, 0.15) is 61.0 Å². The van der Waals surface area contributed by atoms with Gasteiger partial charge in [0.25, 0.3) is 0 Å². The number of ether oxygens (including phenoxy) is 7. The number of hydrogen-bond donors (Lipinski definition) is 12. The molecule has 20 heteroatoms. The van der Waals surface area contributed by atoms with E-state index in [-0.39, 0.29) is 24.3 Å². The van der Waals surface area contributed by atoms with Crippen molar-refractivity contribution in [3.05, 3.63) is 53.6 Å². The van der Waals surface area contributed by atoms with Crippen LogP contribution in [0.15, 0.2) is 42.5 Å². The number of aromatic hydroxyl groups is 4. The van der Waals surface area contributed by atoms with E-state index in [0.29, 0.717) is 5.56 Å². The summed E-state index contributed by atoms with van der Waals surface area (Å²) >= 11 is 0. The molecule has 3 aliphatic rings. The van der Waals surface area contributed by atoms with Crippen LogP contribution in [0.2, 0.25) is 0 Å². The van der Waals surface area contributed by atoms with Crippen molar-refractivity contribution >= 4 is 12.0 Å². The van der Waals surface area contributed by atoms with Gasteiger partial charge in [0.15, 0.2) is 48.0 Å². The maximum atomic E-state index is 13.2. The second kappa shape index (κ2) is 18.5. The lowest BCUT2D eigenvalue weighted by Gasteiger charge is -2.47. The van der Waals surface area contributed by atoms with Gasteiger partial charge in [-0.05, 0) is 54.8 Å². The van der Waals surface area contributed by atoms with Crippen LogP contribution in [0.3, 0.4) is 0 Å². The fraction of sp³-hybridized carbons (Fsp3) is 0.571. The molecule has 20 nitrogen and oxygen atoms in total. The van der Waals surface area contributed by atoms with Crippen LogP contribution >= 0.6 is 0 Å². The molecule has 15 atom stereocenters. The summed E-state index contributed by atoms with van der Waals surface area (Å²) in [6, 6.07) is 7.75. The lowest BCUT2D eigenvalue weighted by atomic mass is 9.97. The summed E-state index contributed by atoms with van der Waals surface area (Å²) in [5.74, 6) is -2.71. The summed E-state index contributed by atoms with van der Waals surface area (Å²) < 4.78 is 40.2. The zero-order valence-corrected chi connectivity index (χ0v) is 29.2. The molecule has 0 spiro atoms. The Labute approximate surface area is 313 Å². The third-order valence-electron chi connectivity index (χ3n) is 9.37. The van der Waals surface area contributed by atoms with Gasteiger partial charge in [0, 0.05) is 6.08 Å². The fourth-order valence-electron chi connectivity index (χ4n) is 6.13. The molecule has 5 rings (SSSR count). The monoisotopic (exact) mass is 786 g/mol. The van der Waals surface area contributed by atoms with Crippen molar-refractivity contribution in [2.75, 3.05) is 19.8 Å². The van der Waals surface area contributed by atoms with Crippen LogP contribution in [-0.4, -0.2) is 179 Å². The van der Waals surface area contributed by atoms with Crippen molar-refractivity contribution in [1.82, 2.24) is 0 Å². The first kappa shape index (κ1) is 42.4. The first-order valence-electron chi connectivity index (χ1n) is 17.2. The van der Waals surface area contributed by atoms with E-state index in [1.54, 1.807) is 0 Å². The molecule has 0 aromatic heterocycles. The third-order valence-corrected chi connectivity index (χ3v) is 9.37. The zero-order chi connectivity index (χ0) is 40.1. The van der Waals surface area contributed by atoms with Gasteiger partial charge in [0.05, 0.1) is 25.9 Å². The molecule has 0 saturated carbocycles. The zero-order valence-electron chi connectivity index (χ0n) is 29.2. The van der Waals surface area contributed by atoms with E-state index in [2.05, 4.69) is 0 Å². The predicted octanol–water partition coefficient (Wildman–Crippen LogP) is -3.19. The molecule has 0 radical (unpaired) electrons. The smallest absolute Gasteiger partial charge is 0.331 e. The Bertz CT molecular complexity index is 1610. The van der Waals surface area contributed by atoms with E-state index in [9.17, 15) is 66.1 Å². The molecule has 3 heterocycles. The average molecular weight is 787 g/mol. The van der Waals surface area contributed by atoms with Crippen LogP contribution in [0.5, 0.6) is 23.0 Å². The van der Waals surface area contributed by atoms with Crippen LogP contribution in [0.1, 0.15) is 18.1 Å². The van der Waals surface area contributed by atoms with Crippen molar-refractivity contribution < 1.29 is 99.2 Å². The molecule has 0 bridgehead atoms. The van der Waals surface area contributed by atoms with Crippen molar-refractivity contribution in [3.63, 3.8) is 0 Å². The molecular weight excluding hydrogens is 740 g/mol. The van der Waals surface area contributed by atoms with Crippen LogP contribution in [-0.2, 0) is 44.4 Å². The summed E-state index contributed by atoms with van der Waals surface area (Å²) in [5, 5.41) is 123. The number of phenols is 4. The maximum absolute atomic E-state index is 13.2. The lowest BCUT2D eigenvalue weighted by molar-refractivity contribution is -0.370. The normalized spacial score (nSPS) is 36.9. The third kappa shape index (κ3) is 10.0. The van der Waals surface area contributed by atoms with Gasteiger partial charge in [0.2, 0.25) is 0 Å². The first-order valence-corrected chi connectivity index (χ1v) is 17.2. The summed E-state index contributed by atoms with van der Waals surface area (Å²) in [4.78, 5) is 13.2. The number of aliphatic hydroxyl groups excluding tert-OH is 8. The number of esters is 1. The summed E-state index contributed by atoms with van der Waals surface area (Å²) in [7, 11) is 0. The summed E-state index contributed by atoms with van der Waals surface area (Å²) in [6.07, 6.45) is -22.4. The average Bonchev–Trinajstić information content (AvgIpc) is 3.16. The highest BCUT2D eigenvalue weighted by Crippen LogP contribution is 2.33. The fourth-order valence-corrected chi connectivity index (χ4v) is 6.13. The molecule has 306 valence electrons. The molecule has 0 unspecified atom stereocenters. The lowest BCUT2D eigenvalue weighted by Crippen LogP contribution is -2.65. The highest BCUT2D eigenvalue weighted by molar-refractivity contribution is 5.87. The van der Waals surface area contributed by atoms with Gasteiger partial charge in [-0.1, -0.05) is 12.1 Å². The van der Waals surface area contributed by atoms with Crippen LogP contribution < -0.4 is 0 Å². The van der Waals surface area contributed by atoms with E-state index in [4.69, 9.17) is 33.2 Å². The Hall–Kier alpha value is -3.71. The molecule has 3 saturated heterocycles. The summed E-state index contributed by atoms with van der Waals surface area (Å²) in [5.41, 5.74) is 0.772. The molecule has 3 fully saturated rings. The maximum Gasteiger partial charge on any atom is 0.331 e. The summed E-state index contributed by atoms with van der Waals surface area (Å²) in [6.45, 7) is -0.236. The minimum atomic E-state index is -1.91. The van der Waals surface area contributed by atoms with E-state index in [0.717, 1.165) is 12.1 Å². The predicted molar refractivity (Wildman–Crippen MR) is 180 cm³/mol. The highest BCUT2D eigenvalue weighted by Gasteiger charge is 2.53. The van der Waals surface area contributed by atoms with Crippen molar-refractivity contribution in [2.45, 2.75) is 105 Å². The Morgan fingerprint density at radius 3 is 1.98 bits per heavy atom. The second-order valence-electron chi connectivity index (χ2n) is 13.3. The van der Waals surface area contributed by atoms with Crippen LogP contribution in [0.4, 0.5) is 0 Å². The van der Waals surface area contributed by atoms with Gasteiger partial charge in [-0.3, -0.25) is 0 Å². The standard InChI is InChI=1S/C35H46O20/c1-14-24(42)26(44)29(47)34(51-14)55-32-30(48)31(54-23(41)7-4-15-2-5-17(37)19(39)10-15)22(13-50-33-28(46)27(45)25(43)21(12-36)52-33)53-35(32)49-9-8-16-3-6-18(38)20(40)11-16/h2-7,10-11,14,21-22,24-40,42-48H,8-9,12-13H2,1H3/b7-4+/t14-,21+,22+,24-,25+,26+,27-,28+,29+,30+,31+,32+,33+,34-,35+/m0/s1. The SMILES string of the molecule is C[C@@H]1O[C@@H](O[C@H]2[C@H](OCCc3ccc(O)c(O)c3)O[C@H](CO[C@@H]3O[C@H](CO)[C@@H](O)[C@H](O)[C@H]3O)[C@@H](OC(=O)/C=C/c3ccc(O)c(O)c3)[C@H]2O)[C@H](O)[C@H](O)[C@H]1O. The number of hydrogen-bond acceptors (Lipinski definition) is 20. The van der Waals surface area contributed by atoms with Crippen LogP contribution in [0, 0.1) is 0 Å². The van der Waals surface area contributed by atoms with E-state index in [1.807, 2.05) is 0 Å². The Morgan fingerprint density at radius 2 is 1.31 bits per heavy atom. The number of benzene rings is 2. The molecule has 12 N–H and O–H groups in total. The molecule has 0 amide bonds. The largest absolute Gasteiger partial charge is 0.504 e. The van der Waals surface area contributed by atoms with Crippen LogP contribution in [0.25, 0.3) is 6.08 Å². The van der Waals surface area contributed by atoms with Crippen molar-refractivity contribution in [2.24, 2.45) is 0 Å². The number of phenolic OH excluding ortho intramolecular Hbond substituents is 4. The first-order chi connectivity index (χ1) is 26.1. The number of aliphatic hydroxyl groups is 8. The number of rotatable bonds is 13. The number of carbonyl (C=O) groups is 1. The topological polar surface area (TPSA) is 324 Å². The Balaban J connectivity index is 1.41. The van der Waals surface area contributed by atoms with Gasteiger partial charge in [-0.15, -0.1) is 0 Å². The molecule has 2 aromatic rings.